The normalized spacial score (nSPS) is 25.0. The summed E-state index contributed by atoms with van der Waals surface area (Å²) in [4.78, 5) is 65.8. The molecule has 0 unspecified atom stereocenters. The van der Waals surface area contributed by atoms with Gasteiger partial charge in [0.05, 0.1) is 30.5 Å². The summed E-state index contributed by atoms with van der Waals surface area (Å²) < 4.78 is 10.7. The van der Waals surface area contributed by atoms with E-state index in [0.29, 0.717) is 42.4 Å². The highest BCUT2D eigenvalue weighted by molar-refractivity contribution is 9.12. The van der Waals surface area contributed by atoms with Crippen molar-refractivity contribution < 1.29 is 43.7 Å². The molecule has 0 spiro atoms. The molecule has 226 valence electrons. The number of nitrogens with zero attached hydrogens (tertiary/aromatic N) is 1. The van der Waals surface area contributed by atoms with E-state index in [2.05, 4.69) is 15.9 Å². The molecule has 0 saturated carbocycles. The van der Waals surface area contributed by atoms with Crippen LogP contribution in [-0.2, 0) is 24.0 Å². The number of fused-ring (bicyclic) bond motifs is 3. The number of halogens is 1. The molecule has 0 aromatic heterocycles. The highest BCUT2D eigenvalue weighted by atomic mass is 79.9. The molecular weight excluding hydrogens is 622 g/mol. The van der Waals surface area contributed by atoms with Crippen LogP contribution in [0.15, 0.2) is 51.6 Å². The van der Waals surface area contributed by atoms with E-state index in [1.54, 1.807) is 24.3 Å². The standard InChI is InChI=1S/C32H32BrNO9/c1-42-24-12-16(13-25(43-2)30(24)39)7-8-18-17-9-10-19-28(20(17)14-21-27(18)23(35)15-22(33)29(21)38)32(41)34(31(19)40)11-5-3-4-6-26(36)37/h7-9,12-13,15,18-20,28,39H,3-6,10-11,14H2,1-2H3,(H,36,37)/t18-,19-,20+,28-/m0/s1. The summed E-state index contributed by atoms with van der Waals surface area (Å²) in [5, 5.41) is 19.2. The van der Waals surface area contributed by atoms with E-state index in [1.807, 2.05) is 6.08 Å². The summed E-state index contributed by atoms with van der Waals surface area (Å²) in [6, 6.07) is 3.24. The first-order chi connectivity index (χ1) is 20.6. The maximum absolute atomic E-state index is 13.7. The zero-order chi connectivity index (χ0) is 31.0. The van der Waals surface area contributed by atoms with Crippen LogP contribution in [0.25, 0.3) is 6.08 Å². The zero-order valence-electron chi connectivity index (χ0n) is 23.8. The Balaban J connectivity index is 1.48. The van der Waals surface area contributed by atoms with Crippen LogP contribution in [0.4, 0.5) is 0 Å². The minimum atomic E-state index is -0.881. The van der Waals surface area contributed by atoms with E-state index < -0.39 is 29.6 Å². The van der Waals surface area contributed by atoms with Gasteiger partial charge in [0.1, 0.15) is 0 Å². The van der Waals surface area contributed by atoms with Crippen molar-refractivity contribution in [2.24, 2.45) is 23.7 Å². The maximum Gasteiger partial charge on any atom is 0.303 e. The monoisotopic (exact) mass is 653 g/mol. The number of carbonyl (C=O) groups excluding carboxylic acids is 4. The quantitative estimate of drug-likeness (QED) is 0.163. The van der Waals surface area contributed by atoms with E-state index >= 15 is 0 Å². The Hall–Kier alpha value is -3.99. The Morgan fingerprint density at radius 1 is 1.05 bits per heavy atom. The number of hydrogen-bond acceptors (Lipinski definition) is 8. The van der Waals surface area contributed by atoms with Gasteiger partial charge in [0.15, 0.2) is 23.1 Å². The molecule has 1 fully saturated rings. The number of imide groups is 1. The van der Waals surface area contributed by atoms with Gasteiger partial charge in [-0.1, -0.05) is 30.2 Å². The molecule has 2 N–H and O–H groups in total. The lowest BCUT2D eigenvalue weighted by Crippen LogP contribution is -2.40. The Bertz CT molecular complexity index is 1510. The number of allylic oxidation sites excluding steroid dienone is 7. The Morgan fingerprint density at radius 2 is 1.74 bits per heavy atom. The molecule has 2 amide bonds. The minimum Gasteiger partial charge on any atom is -0.502 e. The molecule has 1 aliphatic heterocycles. The first kappa shape index (κ1) is 30.5. The van der Waals surface area contributed by atoms with Crippen molar-refractivity contribution in [1.82, 2.24) is 4.90 Å². The van der Waals surface area contributed by atoms with E-state index in [-0.39, 0.29) is 64.5 Å². The molecule has 1 heterocycles. The predicted octanol–water partition coefficient (Wildman–Crippen LogP) is 4.36. The lowest BCUT2D eigenvalue weighted by atomic mass is 9.61. The van der Waals surface area contributed by atoms with Gasteiger partial charge >= 0.3 is 5.97 Å². The van der Waals surface area contributed by atoms with Crippen molar-refractivity contribution in [3.63, 3.8) is 0 Å². The van der Waals surface area contributed by atoms with Gasteiger partial charge in [-0.25, -0.2) is 0 Å². The molecule has 43 heavy (non-hydrogen) atoms. The SMILES string of the molecule is COc1cc(C=C[C@H]2C3=CC[C@@H]4C(=O)N(CCCCCC(=O)O)C(=O)[C@@H]4[C@@H]3CC3=C2C(=O)C=C(Br)C3=O)cc(OC)c1O. The molecule has 1 aromatic carbocycles. The van der Waals surface area contributed by atoms with E-state index in [4.69, 9.17) is 14.6 Å². The summed E-state index contributed by atoms with van der Waals surface area (Å²) in [6.45, 7) is 0.222. The highest BCUT2D eigenvalue weighted by Gasteiger charge is 2.55. The molecule has 0 radical (unpaired) electrons. The number of Topliss-reactive ketones (excluding diaryl/α,β-unsaturated/α-hetero) is 1. The number of carbonyl (C=O) groups is 5. The number of benzene rings is 1. The molecule has 1 aromatic rings. The topological polar surface area (TPSA) is 148 Å². The number of ketones is 2. The number of carboxylic acids is 1. The number of phenols is 1. The van der Waals surface area contributed by atoms with Gasteiger partial charge in [0, 0.05) is 36.1 Å². The number of unbranched alkanes of at least 4 members (excludes halogenated alkanes) is 2. The number of rotatable bonds is 10. The molecule has 3 aliphatic carbocycles. The van der Waals surface area contributed by atoms with Crippen LogP contribution in [0.1, 0.15) is 44.1 Å². The van der Waals surface area contributed by atoms with Crippen molar-refractivity contribution >= 4 is 51.4 Å². The number of carboxylic acid groups (broad SMARTS) is 1. The lowest BCUT2D eigenvalue weighted by Gasteiger charge is -2.41. The predicted molar refractivity (Wildman–Crippen MR) is 158 cm³/mol. The summed E-state index contributed by atoms with van der Waals surface area (Å²) >= 11 is 3.22. The minimum absolute atomic E-state index is 0.0370. The summed E-state index contributed by atoms with van der Waals surface area (Å²) in [5.74, 6) is -4.02. The second kappa shape index (κ2) is 12.3. The summed E-state index contributed by atoms with van der Waals surface area (Å²) in [6.07, 6.45) is 8.89. The van der Waals surface area contributed by atoms with Crippen LogP contribution in [0.5, 0.6) is 17.2 Å². The Morgan fingerprint density at radius 3 is 2.40 bits per heavy atom. The van der Waals surface area contributed by atoms with Crippen molar-refractivity contribution in [1.29, 1.82) is 0 Å². The average molecular weight is 655 g/mol. The first-order valence-electron chi connectivity index (χ1n) is 14.2. The van der Waals surface area contributed by atoms with E-state index in [1.165, 1.54) is 25.2 Å². The molecule has 10 nitrogen and oxygen atoms in total. The van der Waals surface area contributed by atoms with Crippen molar-refractivity contribution in [3.05, 3.63) is 57.1 Å². The fourth-order valence-corrected chi connectivity index (χ4v) is 7.16. The van der Waals surface area contributed by atoms with Gasteiger partial charge in [-0.15, -0.1) is 0 Å². The fourth-order valence-electron chi connectivity index (χ4n) is 6.71. The highest BCUT2D eigenvalue weighted by Crippen LogP contribution is 2.53. The van der Waals surface area contributed by atoms with E-state index in [0.717, 1.165) is 5.57 Å². The van der Waals surface area contributed by atoms with Gasteiger partial charge < -0.3 is 19.7 Å². The number of methoxy groups -OCH3 is 2. The zero-order valence-corrected chi connectivity index (χ0v) is 25.4. The molecule has 1 saturated heterocycles. The van der Waals surface area contributed by atoms with Crippen LogP contribution in [0, 0.1) is 23.7 Å². The fraction of sp³-hybridized carbons (Fsp3) is 0.406. The van der Waals surface area contributed by atoms with E-state index in [9.17, 15) is 29.1 Å². The van der Waals surface area contributed by atoms with Crippen LogP contribution >= 0.6 is 15.9 Å². The largest absolute Gasteiger partial charge is 0.502 e. The smallest absolute Gasteiger partial charge is 0.303 e. The summed E-state index contributed by atoms with van der Waals surface area (Å²) in [5.41, 5.74) is 2.14. The number of aromatic hydroxyl groups is 1. The first-order valence-corrected chi connectivity index (χ1v) is 15.0. The van der Waals surface area contributed by atoms with Gasteiger partial charge in [-0.05, 0) is 65.2 Å². The number of ether oxygens (including phenoxy) is 2. The molecular formula is C32H32BrNO9. The molecule has 4 atom stereocenters. The second-order valence-corrected chi connectivity index (χ2v) is 12.0. The molecule has 4 aliphatic rings. The van der Waals surface area contributed by atoms with Crippen LogP contribution in [0.3, 0.4) is 0 Å². The number of aliphatic carboxylic acids is 1. The van der Waals surface area contributed by atoms with Crippen LogP contribution in [-0.4, -0.2) is 65.2 Å². The van der Waals surface area contributed by atoms with Crippen LogP contribution in [0.2, 0.25) is 0 Å². The average Bonchev–Trinajstić information content (AvgIpc) is 3.23. The van der Waals surface area contributed by atoms with Crippen molar-refractivity contribution in [3.8, 4) is 17.2 Å². The van der Waals surface area contributed by atoms with Crippen molar-refractivity contribution in [2.75, 3.05) is 20.8 Å². The third kappa shape index (κ3) is 5.58. The second-order valence-electron chi connectivity index (χ2n) is 11.1. The van der Waals surface area contributed by atoms with Gasteiger partial charge in [0.25, 0.3) is 0 Å². The number of phenolic OH excluding ortho intramolecular Hbond substituents is 1. The number of amides is 2. The summed E-state index contributed by atoms with van der Waals surface area (Å²) in [7, 11) is 2.84. The maximum atomic E-state index is 13.7. The molecule has 0 bridgehead atoms. The number of hydrogen-bond donors (Lipinski definition) is 2. The van der Waals surface area contributed by atoms with Crippen molar-refractivity contribution in [2.45, 2.75) is 38.5 Å². The molecule has 5 rings (SSSR count). The number of likely N-dealkylation sites (tertiary alicyclic amines) is 1. The third-order valence-corrected chi connectivity index (χ3v) is 9.32. The lowest BCUT2D eigenvalue weighted by molar-refractivity contribution is -0.141. The van der Waals surface area contributed by atoms with Gasteiger partial charge in [-0.3, -0.25) is 28.9 Å². The molecule has 11 heteroatoms. The van der Waals surface area contributed by atoms with Gasteiger partial charge in [-0.2, -0.15) is 0 Å². The van der Waals surface area contributed by atoms with Gasteiger partial charge in [0.2, 0.25) is 17.6 Å². The van der Waals surface area contributed by atoms with Crippen LogP contribution < -0.4 is 9.47 Å². The Labute approximate surface area is 256 Å². The third-order valence-electron chi connectivity index (χ3n) is 8.73. The Kier molecular flexibility index (Phi) is 8.73.